The van der Waals surface area contributed by atoms with E-state index in [4.69, 9.17) is 11.6 Å². The summed E-state index contributed by atoms with van der Waals surface area (Å²) in [7, 11) is 0. The molecule has 0 bridgehead atoms. The first-order valence-corrected chi connectivity index (χ1v) is 8.97. The van der Waals surface area contributed by atoms with Gasteiger partial charge in [0.1, 0.15) is 5.56 Å². The molecule has 1 aromatic heterocycles. The minimum atomic E-state index is -0.585. The quantitative estimate of drug-likeness (QED) is 0.508. The Balaban J connectivity index is 2.08. The van der Waals surface area contributed by atoms with Crippen LogP contribution in [0.2, 0.25) is 5.02 Å². The van der Waals surface area contributed by atoms with Gasteiger partial charge in [0.15, 0.2) is 0 Å². The standard InChI is InChI=1S/C20H18ClN3O4/c1-11(2)23-10-16(19(25)15-9-13(21)4-7-18(15)23)20(26)22-17-6-5-14(24(27)28)8-12(17)3/h4-11H,1-3H3,(H,22,26). The van der Waals surface area contributed by atoms with Crippen molar-refractivity contribution in [2.24, 2.45) is 0 Å². The largest absolute Gasteiger partial charge is 0.344 e. The molecule has 7 nitrogen and oxygen atoms in total. The smallest absolute Gasteiger partial charge is 0.269 e. The number of hydrogen-bond donors (Lipinski definition) is 1. The zero-order valence-electron chi connectivity index (χ0n) is 15.5. The molecule has 144 valence electrons. The summed E-state index contributed by atoms with van der Waals surface area (Å²) in [6.07, 6.45) is 1.53. The Hall–Kier alpha value is -3.19. The second kappa shape index (κ2) is 7.44. The molecule has 0 aliphatic rings. The molecule has 0 saturated heterocycles. The number of fused-ring (bicyclic) bond motifs is 1. The third-order valence-electron chi connectivity index (χ3n) is 4.46. The van der Waals surface area contributed by atoms with Crippen molar-refractivity contribution < 1.29 is 9.72 Å². The van der Waals surface area contributed by atoms with E-state index in [1.165, 1.54) is 24.4 Å². The lowest BCUT2D eigenvalue weighted by Gasteiger charge is -2.17. The lowest BCUT2D eigenvalue weighted by Crippen LogP contribution is -2.24. The SMILES string of the molecule is Cc1cc([N+](=O)[O-])ccc1NC(=O)c1cn(C(C)C)c2ccc(Cl)cc2c1=O. The van der Waals surface area contributed by atoms with Crippen molar-refractivity contribution in [2.45, 2.75) is 26.8 Å². The fourth-order valence-electron chi connectivity index (χ4n) is 3.01. The van der Waals surface area contributed by atoms with Crippen molar-refractivity contribution in [1.82, 2.24) is 4.57 Å². The van der Waals surface area contributed by atoms with Gasteiger partial charge >= 0.3 is 0 Å². The number of nitro groups is 1. The number of carbonyl (C=O) groups excluding carboxylic acids is 1. The van der Waals surface area contributed by atoms with Gasteiger partial charge in [0, 0.05) is 40.5 Å². The van der Waals surface area contributed by atoms with Crippen molar-refractivity contribution in [3.63, 3.8) is 0 Å². The number of nitrogens with one attached hydrogen (secondary N) is 1. The summed E-state index contributed by atoms with van der Waals surface area (Å²) >= 11 is 6.04. The van der Waals surface area contributed by atoms with Crippen LogP contribution in [-0.2, 0) is 0 Å². The van der Waals surface area contributed by atoms with Crippen molar-refractivity contribution in [3.8, 4) is 0 Å². The van der Waals surface area contributed by atoms with Crippen LogP contribution in [0.1, 0.15) is 35.8 Å². The Morgan fingerprint density at radius 3 is 2.54 bits per heavy atom. The molecule has 0 unspecified atom stereocenters. The van der Waals surface area contributed by atoms with Gasteiger partial charge in [0.05, 0.1) is 10.4 Å². The number of nitro benzene ring substituents is 1. The molecular weight excluding hydrogens is 382 g/mol. The monoisotopic (exact) mass is 399 g/mol. The first kappa shape index (κ1) is 19.6. The zero-order valence-corrected chi connectivity index (χ0v) is 16.3. The highest BCUT2D eigenvalue weighted by Gasteiger charge is 2.18. The van der Waals surface area contributed by atoms with Gasteiger partial charge in [-0.15, -0.1) is 0 Å². The molecule has 0 radical (unpaired) electrons. The second-order valence-corrected chi connectivity index (χ2v) is 7.18. The van der Waals surface area contributed by atoms with Crippen LogP contribution in [0.3, 0.4) is 0 Å². The number of amides is 1. The van der Waals surface area contributed by atoms with Gasteiger partial charge in [-0.25, -0.2) is 0 Å². The zero-order chi connectivity index (χ0) is 20.6. The van der Waals surface area contributed by atoms with E-state index in [-0.39, 0.29) is 17.3 Å². The predicted octanol–water partition coefficient (Wildman–Crippen LogP) is 4.70. The molecule has 3 aromatic rings. The first-order chi connectivity index (χ1) is 13.2. The molecule has 0 spiro atoms. The number of nitrogens with zero attached hydrogens (tertiary/aromatic N) is 2. The number of halogens is 1. The van der Waals surface area contributed by atoms with Crippen LogP contribution < -0.4 is 10.7 Å². The molecular formula is C20H18ClN3O4. The van der Waals surface area contributed by atoms with E-state index >= 15 is 0 Å². The van der Waals surface area contributed by atoms with Gasteiger partial charge in [-0.3, -0.25) is 19.7 Å². The summed E-state index contributed by atoms with van der Waals surface area (Å²) in [5.41, 5.74) is 1.09. The van der Waals surface area contributed by atoms with Gasteiger partial charge in [0.2, 0.25) is 5.43 Å². The molecule has 2 aromatic carbocycles. The molecule has 0 aliphatic heterocycles. The van der Waals surface area contributed by atoms with E-state index in [0.29, 0.717) is 27.2 Å². The topological polar surface area (TPSA) is 94.2 Å². The summed E-state index contributed by atoms with van der Waals surface area (Å²) in [5.74, 6) is -0.585. The molecule has 1 amide bonds. The van der Waals surface area contributed by atoms with E-state index in [9.17, 15) is 19.7 Å². The minimum Gasteiger partial charge on any atom is -0.344 e. The molecule has 1 heterocycles. The number of aryl methyl sites for hydroxylation is 1. The number of anilines is 1. The Kier molecular flexibility index (Phi) is 5.20. The van der Waals surface area contributed by atoms with E-state index in [2.05, 4.69) is 5.32 Å². The highest BCUT2D eigenvalue weighted by molar-refractivity contribution is 6.31. The fourth-order valence-corrected chi connectivity index (χ4v) is 3.18. The van der Waals surface area contributed by atoms with Gasteiger partial charge in [0.25, 0.3) is 11.6 Å². The van der Waals surface area contributed by atoms with E-state index < -0.39 is 16.3 Å². The Morgan fingerprint density at radius 1 is 1.21 bits per heavy atom. The number of benzene rings is 2. The number of aromatic nitrogens is 1. The Bertz CT molecular complexity index is 1170. The van der Waals surface area contributed by atoms with E-state index in [1.54, 1.807) is 25.1 Å². The molecule has 1 N–H and O–H groups in total. The molecule has 28 heavy (non-hydrogen) atoms. The number of rotatable bonds is 4. The van der Waals surface area contributed by atoms with Gasteiger partial charge in [-0.1, -0.05) is 11.6 Å². The summed E-state index contributed by atoms with van der Waals surface area (Å²) in [6, 6.07) is 9.12. The van der Waals surface area contributed by atoms with Crippen LogP contribution in [0.5, 0.6) is 0 Å². The molecule has 0 saturated carbocycles. The fraction of sp³-hybridized carbons (Fsp3) is 0.200. The van der Waals surface area contributed by atoms with Crippen molar-refractivity contribution >= 4 is 39.8 Å². The van der Waals surface area contributed by atoms with Crippen LogP contribution >= 0.6 is 11.6 Å². The Labute approximate surface area is 165 Å². The van der Waals surface area contributed by atoms with E-state index in [0.717, 1.165) is 0 Å². The Morgan fingerprint density at radius 2 is 1.93 bits per heavy atom. The molecule has 0 fully saturated rings. The van der Waals surface area contributed by atoms with Gasteiger partial charge in [-0.05, 0) is 50.6 Å². The number of hydrogen-bond acceptors (Lipinski definition) is 4. The molecule has 3 rings (SSSR count). The van der Waals surface area contributed by atoms with Gasteiger partial charge < -0.3 is 9.88 Å². The van der Waals surface area contributed by atoms with Crippen LogP contribution in [-0.4, -0.2) is 15.4 Å². The van der Waals surface area contributed by atoms with Crippen LogP contribution in [0.15, 0.2) is 47.4 Å². The number of pyridine rings is 1. The predicted molar refractivity (Wildman–Crippen MR) is 109 cm³/mol. The van der Waals surface area contributed by atoms with Crippen LogP contribution in [0, 0.1) is 17.0 Å². The normalized spacial score (nSPS) is 11.0. The number of carbonyl (C=O) groups is 1. The summed E-state index contributed by atoms with van der Waals surface area (Å²) in [6.45, 7) is 5.54. The van der Waals surface area contributed by atoms with Gasteiger partial charge in [-0.2, -0.15) is 0 Å². The highest BCUT2D eigenvalue weighted by atomic mass is 35.5. The van der Waals surface area contributed by atoms with Crippen molar-refractivity contribution in [2.75, 3.05) is 5.32 Å². The average Bonchev–Trinajstić information content (AvgIpc) is 2.63. The van der Waals surface area contributed by atoms with E-state index in [1.807, 2.05) is 18.4 Å². The molecule has 8 heteroatoms. The highest BCUT2D eigenvalue weighted by Crippen LogP contribution is 2.23. The van der Waals surface area contributed by atoms with Crippen LogP contribution in [0.4, 0.5) is 11.4 Å². The number of non-ortho nitro benzene ring substituents is 1. The van der Waals surface area contributed by atoms with Crippen molar-refractivity contribution in [3.05, 3.63) is 79.1 Å². The maximum atomic E-state index is 12.9. The van der Waals surface area contributed by atoms with Crippen molar-refractivity contribution in [1.29, 1.82) is 0 Å². The molecule has 0 atom stereocenters. The maximum Gasteiger partial charge on any atom is 0.269 e. The first-order valence-electron chi connectivity index (χ1n) is 8.60. The maximum absolute atomic E-state index is 12.9. The third-order valence-corrected chi connectivity index (χ3v) is 4.70. The molecule has 0 aliphatic carbocycles. The summed E-state index contributed by atoms with van der Waals surface area (Å²) in [5, 5.41) is 14.3. The minimum absolute atomic E-state index is 0.0111. The third kappa shape index (κ3) is 3.61. The summed E-state index contributed by atoms with van der Waals surface area (Å²) in [4.78, 5) is 36.1. The summed E-state index contributed by atoms with van der Waals surface area (Å²) < 4.78 is 1.84. The lowest BCUT2D eigenvalue weighted by atomic mass is 10.1. The van der Waals surface area contributed by atoms with Crippen LogP contribution in [0.25, 0.3) is 10.9 Å². The average molecular weight is 400 g/mol. The lowest BCUT2D eigenvalue weighted by molar-refractivity contribution is -0.384. The second-order valence-electron chi connectivity index (χ2n) is 6.74.